The summed E-state index contributed by atoms with van der Waals surface area (Å²) in [5, 5.41) is 0.627. The average Bonchev–Trinajstić information content (AvgIpc) is 2.51. The minimum atomic E-state index is -3.66. The van der Waals surface area contributed by atoms with Crippen molar-refractivity contribution in [2.75, 3.05) is 11.9 Å². The van der Waals surface area contributed by atoms with E-state index in [2.05, 4.69) is 15.9 Å². The molecule has 1 aromatic rings. The number of hydrogen-bond acceptors (Lipinski definition) is 3. The molecule has 1 heterocycles. The van der Waals surface area contributed by atoms with Crippen LogP contribution in [0, 0.1) is 0 Å². The Balaban J connectivity index is 2.41. The summed E-state index contributed by atoms with van der Waals surface area (Å²) in [7, 11) is -3.66. The van der Waals surface area contributed by atoms with E-state index in [1.807, 2.05) is 0 Å². The average molecular weight is 316 g/mol. The van der Waals surface area contributed by atoms with E-state index in [-0.39, 0.29) is 17.0 Å². The van der Waals surface area contributed by atoms with Crippen LogP contribution in [0.1, 0.15) is 10.4 Å². The first-order valence-electron chi connectivity index (χ1n) is 4.96. The number of amides is 1. The number of alkyl halides is 1. The van der Waals surface area contributed by atoms with Crippen LogP contribution >= 0.6 is 15.9 Å². The lowest BCUT2D eigenvalue weighted by molar-refractivity contribution is 0.0880. The highest BCUT2D eigenvalue weighted by atomic mass is 79.9. The Morgan fingerprint density at radius 2 is 1.94 bits per heavy atom. The topological polar surface area (TPSA) is 54.5 Å². The van der Waals surface area contributed by atoms with Gasteiger partial charge in [0.25, 0.3) is 15.9 Å². The molecule has 0 saturated carbocycles. The minimum absolute atomic E-state index is 0.0709. The molecule has 0 bridgehead atoms. The summed E-state index contributed by atoms with van der Waals surface area (Å²) in [6.07, 6.45) is 3.40. The fourth-order valence-corrected chi connectivity index (χ4v) is 3.43. The fourth-order valence-electron chi connectivity index (χ4n) is 1.64. The molecule has 0 fully saturated rings. The van der Waals surface area contributed by atoms with Crippen molar-refractivity contribution in [2.24, 2.45) is 0 Å². The maximum absolute atomic E-state index is 12.0. The van der Waals surface area contributed by atoms with Crippen molar-refractivity contribution in [3.8, 4) is 0 Å². The maximum Gasteiger partial charge on any atom is 0.269 e. The zero-order valence-electron chi connectivity index (χ0n) is 8.84. The van der Waals surface area contributed by atoms with E-state index < -0.39 is 15.9 Å². The number of sulfonamides is 1. The Hall–Kier alpha value is -1.14. The van der Waals surface area contributed by atoms with Gasteiger partial charge in [0, 0.05) is 5.33 Å². The van der Waals surface area contributed by atoms with Crippen molar-refractivity contribution < 1.29 is 13.2 Å². The molecule has 17 heavy (non-hydrogen) atoms. The van der Waals surface area contributed by atoms with E-state index in [4.69, 9.17) is 0 Å². The third kappa shape index (κ3) is 2.02. The molecule has 0 saturated heterocycles. The molecular weight excluding hydrogens is 306 g/mol. The van der Waals surface area contributed by atoms with Gasteiger partial charge < -0.3 is 0 Å². The smallest absolute Gasteiger partial charge is 0.268 e. The van der Waals surface area contributed by atoms with Crippen molar-refractivity contribution >= 4 is 31.9 Å². The molecule has 4 nitrogen and oxygen atoms in total. The van der Waals surface area contributed by atoms with E-state index in [1.54, 1.807) is 24.3 Å². The molecule has 0 spiro atoms. The van der Waals surface area contributed by atoms with Gasteiger partial charge in [0.1, 0.15) is 4.90 Å². The van der Waals surface area contributed by atoms with Crippen molar-refractivity contribution in [1.29, 1.82) is 0 Å². The number of carbonyl (C=O) groups is 1. The highest BCUT2D eigenvalue weighted by Crippen LogP contribution is 2.29. The summed E-state index contributed by atoms with van der Waals surface area (Å²) in [5.41, 5.74) is 0.250. The summed E-state index contributed by atoms with van der Waals surface area (Å²) in [6.45, 7) is 0.0709. The fraction of sp³-hybridized carbons (Fsp3) is 0.182. The summed E-state index contributed by atoms with van der Waals surface area (Å²) in [5.74, 6) is -0.458. The Bertz CT molecular complexity index is 580. The van der Waals surface area contributed by atoms with Gasteiger partial charge in [-0.1, -0.05) is 40.2 Å². The quantitative estimate of drug-likeness (QED) is 0.631. The zero-order valence-corrected chi connectivity index (χ0v) is 11.2. The number of nitrogens with zero attached hydrogens (tertiary/aromatic N) is 1. The number of allylic oxidation sites excluding steroid dienone is 1. The lowest BCUT2D eigenvalue weighted by atomic mass is 10.2. The van der Waals surface area contributed by atoms with Gasteiger partial charge >= 0.3 is 0 Å². The highest BCUT2D eigenvalue weighted by molar-refractivity contribution is 9.09. The molecule has 0 atom stereocenters. The Kier molecular flexibility index (Phi) is 3.35. The minimum Gasteiger partial charge on any atom is -0.268 e. The number of fused-ring (bicyclic) bond motifs is 1. The normalized spacial score (nSPS) is 17.7. The SMILES string of the molecule is O=C1c2ccccc2S(=O)(=O)N1CC=CCBr. The molecule has 0 aliphatic carbocycles. The third-order valence-corrected chi connectivity index (χ3v) is 4.62. The first-order chi connectivity index (χ1) is 8.09. The summed E-state index contributed by atoms with van der Waals surface area (Å²) in [6, 6.07) is 6.26. The number of rotatable bonds is 3. The van der Waals surface area contributed by atoms with Crippen LogP contribution in [-0.2, 0) is 10.0 Å². The predicted molar refractivity (Wildman–Crippen MR) is 67.6 cm³/mol. The molecule has 2 rings (SSSR count). The van der Waals surface area contributed by atoms with Crippen LogP contribution in [-0.4, -0.2) is 30.5 Å². The second-order valence-corrected chi connectivity index (χ2v) is 5.94. The molecule has 1 aliphatic heterocycles. The van der Waals surface area contributed by atoms with E-state index >= 15 is 0 Å². The standard InChI is InChI=1S/C11H10BrNO3S/c12-7-3-4-8-13-11(14)9-5-1-2-6-10(9)17(13,15)16/h1-6H,7-8H2. The van der Waals surface area contributed by atoms with Crippen molar-refractivity contribution in [1.82, 2.24) is 4.31 Å². The second kappa shape index (κ2) is 4.62. The number of hydrogen-bond donors (Lipinski definition) is 0. The number of benzene rings is 1. The van der Waals surface area contributed by atoms with Crippen LogP contribution in [0.4, 0.5) is 0 Å². The molecule has 0 aromatic heterocycles. The van der Waals surface area contributed by atoms with Crippen LogP contribution < -0.4 is 0 Å². The van der Waals surface area contributed by atoms with Gasteiger partial charge in [-0.15, -0.1) is 0 Å². The first-order valence-corrected chi connectivity index (χ1v) is 7.52. The Morgan fingerprint density at radius 3 is 2.59 bits per heavy atom. The van der Waals surface area contributed by atoms with E-state index in [0.717, 1.165) is 4.31 Å². The van der Waals surface area contributed by atoms with Gasteiger partial charge in [-0.05, 0) is 12.1 Å². The molecule has 0 radical (unpaired) electrons. The van der Waals surface area contributed by atoms with Gasteiger partial charge in [0.15, 0.2) is 0 Å². The van der Waals surface area contributed by atoms with Gasteiger partial charge in [0.05, 0.1) is 12.1 Å². The molecule has 1 aromatic carbocycles. The highest BCUT2D eigenvalue weighted by Gasteiger charge is 2.39. The summed E-state index contributed by atoms with van der Waals surface area (Å²) >= 11 is 3.19. The van der Waals surface area contributed by atoms with Gasteiger partial charge in [-0.25, -0.2) is 12.7 Å². The van der Waals surface area contributed by atoms with Gasteiger partial charge in [0.2, 0.25) is 0 Å². The largest absolute Gasteiger partial charge is 0.269 e. The molecule has 0 N–H and O–H groups in total. The molecule has 0 unspecified atom stereocenters. The lowest BCUT2D eigenvalue weighted by Gasteiger charge is -2.11. The predicted octanol–water partition coefficient (Wildman–Crippen LogP) is 1.78. The van der Waals surface area contributed by atoms with E-state index in [0.29, 0.717) is 5.33 Å². The monoisotopic (exact) mass is 315 g/mol. The van der Waals surface area contributed by atoms with Crippen LogP contribution in [0.2, 0.25) is 0 Å². The van der Waals surface area contributed by atoms with Crippen LogP contribution in [0.25, 0.3) is 0 Å². The van der Waals surface area contributed by atoms with E-state index in [9.17, 15) is 13.2 Å². The van der Waals surface area contributed by atoms with Crippen LogP contribution in [0.3, 0.4) is 0 Å². The molecular formula is C11H10BrNO3S. The molecule has 1 amide bonds. The van der Waals surface area contributed by atoms with Crippen molar-refractivity contribution in [3.05, 3.63) is 42.0 Å². The van der Waals surface area contributed by atoms with Crippen molar-refractivity contribution in [3.63, 3.8) is 0 Å². The van der Waals surface area contributed by atoms with Crippen molar-refractivity contribution in [2.45, 2.75) is 4.90 Å². The molecule has 6 heteroatoms. The first kappa shape index (κ1) is 12.3. The maximum atomic E-state index is 12.0. The summed E-state index contributed by atoms with van der Waals surface area (Å²) in [4.78, 5) is 12.0. The summed E-state index contributed by atoms with van der Waals surface area (Å²) < 4.78 is 25.0. The van der Waals surface area contributed by atoms with Gasteiger partial charge in [-0.3, -0.25) is 4.79 Å². The molecule has 90 valence electrons. The number of halogens is 1. The van der Waals surface area contributed by atoms with Crippen LogP contribution in [0.5, 0.6) is 0 Å². The van der Waals surface area contributed by atoms with Gasteiger partial charge in [-0.2, -0.15) is 0 Å². The Morgan fingerprint density at radius 1 is 1.24 bits per heavy atom. The lowest BCUT2D eigenvalue weighted by Crippen LogP contribution is -2.30. The Labute approximate surface area is 108 Å². The third-order valence-electron chi connectivity index (χ3n) is 2.44. The number of carbonyl (C=O) groups excluding carboxylic acids is 1. The second-order valence-electron chi connectivity index (χ2n) is 3.46. The van der Waals surface area contributed by atoms with E-state index in [1.165, 1.54) is 12.1 Å². The zero-order chi connectivity index (χ0) is 12.5. The van der Waals surface area contributed by atoms with Crippen LogP contribution in [0.15, 0.2) is 41.3 Å². The molecule has 1 aliphatic rings.